The van der Waals surface area contributed by atoms with Crippen molar-refractivity contribution in [3.8, 4) is 16.9 Å². The first-order chi connectivity index (χ1) is 13.6. The van der Waals surface area contributed by atoms with Gasteiger partial charge in [-0.15, -0.1) is 11.3 Å². The van der Waals surface area contributed by atoms with Crippen LogP contribution in [0.2, 0.25) is 0 Å². The number of rotatable bonds is 6. The van der Waals surface area contributed by atoms with Crippen LogP contribution >= 0.6 is 27.3 Å². The second kappa shape index (κ2) is 8.29. The van der Waals surface area contributed by atoms with Gasteiger partial charge in [0.15, 0.2) is 0 Å². The van der Waals surface area contributed by atoms with Crippen molar-refractivity contribution in [3.63, 3.8) is 0 Å². The van der Waals surface area contributed by atoms with E-state index in [2.05, 4.69) is 20.9 Å². The van der Waals surface area contributed by atoms with Crippen molar-refractivity contribution < 1.29 is 4.74 Å². The van der Waals surface area contributed by atoms with Crippen LogP contribution in [0.5, 0.6) is 5.75 Å². The van der Waals surface area contributed by atoms with Gasteiger partial charge >= 0.3 is 0 Å². The second-order valence-electron chi connectivity index (χ2n) is 6.48. The maximum atomic E-state index is 13.1. The molecule has 2 aromatic heterocycles. The summed E-state index contributed by atoms with van der Waals surface area (Å²) >= 11 is 5.03. The Balaban J connectivity index is 1.58. The average molecular weight is 455 g/mol. The Morgan fingerprint density at radius 1 is 1.11 bits per heavy atom. The molecule has 4 rings (SSSR count). The predicted octanol–water partition coefficient (Wildman–Crippen LogP) is 5.67. The topological polar surface area (TPSA) is 44.1 Å². The van der Waals surface area contributed by atoms with Crippen LogP contribution in [0.25, 0.3) is 21.3 Å². The van der Waals surface area contributed by atoms with Gasteiger partial charge in [0.1, 0.15) is 10.6 Å². The molecule has 0 amide bonds. The third-order valence-corrected chi connectivity index (χ3v) is 6.08. The molecule has 0 bridgehead atoms. The molecule has 4 nitrogen and oxygen atoms in total. The quantitative estimate of drug-likeness (QED) is 0.352. The van der Waals surface area contributed by atoms with Crippen LogP contribution in [-0.2, 0) is 6.54 Å². The highest BCUT2D eigenvalue weighted by molar-refractivity contribution is 9.10. The lowest BCUT2D eigenvalue weighted by molar-refractivity contribution is 0.301. The van der Waals surface area contributed by atoms with E-state index in [1.54, 1.807) is 22.2 Å². The first kappa shape index (κ1) is 18.9. The molecule has 0 saturated heterocycles. The maximum absolute atomic E-state index is 13.1. The summed E-state index contributed by atoms with van der Waals surface area (Å²) in [6, 6.07) is 17.8. The van der Waals surface area contributed by atoms with Gasteiger partial charge in [0.05, 0.1) is 18.3 Å². The molecule has 0 radical (unpaired) electrons. The summed E-state index contributed by atoms with van der Waals surface area (Å²) in [7, 11) is 0. The maximum Gasteiger partial charge on any atom is 0.262 e. The number of para-hydroxylation sites is 1. The molecule has 2 aromatic carbocycles. The highest BCUT2D eigenvalue weighted by Gasteiger charge is 2.16. The van der Waals surface area contributed by atoms with Gasteiger partial charge in [-0.3, -0.25) is 9.36 Å². The number of aryl methyl sites for hydroxylation is 2. The van der Waals surface area contributed by atoms with E-state index in [9.17, 15) is 4.79 Å². The van der Waals surface area contributed by atoms with E-state index in [-0.39, 0.29) is 5.56 Å². The molecule has 0 atom stereocenters. The van der Waals surface area contributed by atoms with Gasteiger partial charge in [-0.1, -0.05) is 46.3 Å². The molecule has 0 saturated carbocycles. The number of thiophene rings is 1. The molecule has 0 aliphatic rings. The monoisotopic (exact) mass is 454 g/mol. The molecule has 0 spiro atoms. The van der Waals surface area contributed by atoms with E-state index in [4.69, 9.17) is 4.74 Å². The largest absolute Gasteiger partial charge is 0.494 e. The van der Waals surface area contributed by atoms with Gasteiger partial charge in [0.25, 0.3) is 5.56 Å². The van der Waals surface area contributed by atoms with Crippen molar-refractivity contribution in [2.24, 2.45) is 0 Å². The van der Waals surface area contributed by atoms with Crippen LogP contribution in [0.4, 0.5) is 0 Å². The van der Waals surface area contributed by atoms with E-state index in [0.717, 1.165) is 37.5 Å². The summed E-state index contributed by atoms with van der Waals surface area (Å²) in [5, 5.41) is 0.705. The van der Waals surface area contributed by atoms with E-state index >= 15 is 0 Å². The summed E-state index contributed by atoms with van der Waals surface area (Å²) in [4.78, 5) is 19.6. The van der Waals surface area contributed by atoms with Crippen LogP contribution in [-0.4, -0.2) is 16.2 Å². The van der Waals surface area contributed by atoms with Gasteiger partial charge < -0.3 is 4.74 Å². The molecule has 0 aliphatic carbocycles. The number of benzene rings is 2. The van der Waals surface area contributed by atoms with Crippen molar-refractivity contribution in [1.82, 2.24) is 9.55 Å². The normalized spacial score (nSPS) is 11.1. The Kier molecular flexibility index (Phi) is 5.59. The number of aromatic nitrogens is 2. The molecule has 0 aliphatic heterocycles. The van der Waals surface area contributed by atoms with Gasteiger partial charge in [0, 0.05) is 21.5 Å². The van der Waals surface area contributed by atoms with Crippen LogP contribution in [0.3, 0.4) is 0 Å². The van der Waals surface area contributed by atoms with Crippen LogP contribution in [0.15, 0.2) is 70.2 Å². The molecule has 6 heteroatoms. The number of halogens is 1. The molecular formula is C22H19BrN2O2S. The number of hydrogen-bond acceptors (Lipinski definition) is 4. The fourth-order valence-electron chi connectivity index (χ4n) is 3.20. The average Bonchev–Trinajstić information content (AvgIpc) is 3.05. The van der Waals surface area contributed by atoms with Crippen molar-refractivity contribution in [1.29, 1.82) is 0 Å². The summed E-state index contributed by atoms with van der Waals surface area (Å²) in [6.45, 7) is 3.17. The minimum atomic E-state index is 0.00646. The van der Waals surface area contributed by atoms with Crippen molar-refractivity contribution in [3.05, 3.63) is 80.6 Å². The Labute approximate surface area is 175 Å². The van der Waals surface area contributed by atoms with E-state index < -0.39 is 0 Å². The Bertz CT molecular complexity index is 1150. The summed E-state index contributed by atoms with van der Waals surface area (Å²) in [5.41, 5.74) is 2.03. The first-order valence-electron chi connectivity index (χ1n) is 9.06. The highest BCUT2D eigenvalue weighted by Crippen LogP contribution is 2.35. The lowest BCUT2D eigenvalue weighted by Crippen LogP contribution is -2.21. The zero-order valence-electron chi connectivity index (χ0n) is 15.4. The first-order valence-corrected chi connectivity index (χ1v) is 10.7. The van der Waals surface area contributed by atoms with Gasteiger partial charge in [-0.05, 0) is 43.2 Å². The van der Waals surface area contributed by atoms with E-state index in [1.165, 1.54) is 0 Å². The second-order valence-corrected chi connectivity index (χ2v) is 8.60. The molecule has 2 heterocycles. The van der Waals surface area contributed by atoms with Crippen LogP contribution in [0.1, 0.15) is 11.3 Å². The van der Waals surface area contributed by atoms with Gasteiger partial charge in [-0.25, -0.2) is 4.98 Å². The molecule has 0 N–H and O–H groups in total. The fourth-order valence-corrected chi connectivity index (χ4v) is 4.47. The van der Waals surface area contributed by atoms with Crippen molar-refractivity contribution >= 4 is 37.5 Å². The Morgan fingerprint density at radius 3 is 2.61 bits per heavy atom. The summed E-state index contributed by atoms with van der Waals surface area (Å²) in [6.07, 6.45) is 2.38. The third-order valence-electron chi connectivity index (χ3n) is 4.54. The minimum absolute atomic E-state index is 0.00646. The number of fused-ring (bicyclic) bond motifs is 1. The predicted molar refractivity (Wildman–Crippen MR) is 118 cm³/mol. The molecular weight excluding hydrogens is 436 g/mol. The number of nitrogens with zero attached hydrogens (tertiary/aromatic N) is 2. The summed E-state index contributed by atoms with van der Waals surface area (Å²) in [5.74, 6) is 0.842. The SMILES string of the molecule is Cc1sc2ncn(CCCOc3ccccc3)c(=O)c2c1-c1ccc(Br)cc1. The standard InChI is InChI=1S/C22H19BrN2O2S/c1-15-19(16-8-10-17(23)11-9-16)20-21(28-15)24-14-25(22(20)26)12-5-13-27-18-6-3-2-4-7-18/h2-4,6-11,14H,5,12-13H2,1H3. The molecule has 28 heavy (non-hydrogen) atoms. The number of ether oxygens (including phenoxy) is 1. The van der Waals surface area contributed by atoms with Crippen molar-refractivity contribution in [2.45, 2.75) is 19.9 Å². The lowest BCUT2D eigenvalue weighted by Gasteiger charge is -2.08. The Morgan fingerprint density at radius 2 is 1.86 bits per heavy atom. The molecule has 0 fully saturated rings. The molecule has 4 aromatic rings. The Hall–Kier alpha value is -2.44. The highest BCUT2D eigenvalue weighted by atomic mass is 79.9. The molecule has 142 valence electrons. The zero-order valence-corrected chi connectivity index (χ0v) is 17.8. The summed E-state index contributed by atoms with van der Waals surface area (Å²) < 4.78 is 8.43. The smallest absolute Gasteiger partial charge is 0.262 e. The van der Waals surface area contributed by atoms with E-state index in [1.807, 2.05) is 61.5 Å². The van der Waals surface area contributed by atoms with Crippen LogP contribution < -0.4 is 10.3 Å². The third kappa shape index (κ3) is 3.88. The minimum Gasteiger partial charge on any atom is -0.494 e. The zero-order chi connectivity index (χ0) is 19.5. The fraction of sp³-hybridized carbons (Fsp3) is 0.182. The number of hydrogen-bond donors (Lipinski definition) is 0. The van der Waals surface area contributed by atoms with Crippen LogP contribution in [0, 0.1) is 6.92 Å². The van der Waals surface area contributed by atoms with E-state index in [0.29, 0.717) is 18.5 Å². The van der Waals surface area contributed by atoms with Crippen molar-refractivity contribution in [2.75, 3.05) is 6.61 Å². The molecule has 0 unspecified atom stereocenters. The van der Waals surface area contributed by atoms with Gasteiger partial charge in [0.2, 0.25) is 0 Å². The lowest BCUT2D eigenvalue weighted by atomic mass is 10.0. The van der Waals surface area contributed by atoms with Gasteiger partial charge in [-0.2, -0.15) is 0 Å².